The van der Waals surface area contributed by atoms with E-state index in [0.29, 0.717) is 0 Å². The third-order valence-corrected chi connectivity index (χ3v) is 10.4. The van der Waals surface area contributed by atoms with Crippen LogP contribution in [0.5, 0.6) is 0 Å². The number of fused-ring (bicyclic) bond motifs is 7. The largest absolute Gasteiger partial charge is 0.348 e. The predicted molar refractivity (Wildman–Crippen MR) is 195 cm³/mol. The molecule has 0 amide bonds. The summed E-state index contributed by atoms with van der Waals surface area (Å²) in [5, 5.41) is 10.9. The first-order valence-corrected chi connectivity index (χ1v) is 17.9. The molecular formula is C42H54N2. The van der Waals surface area contributed by atoms with Crippen LogP contribution < -0.4 is 0 Å². The molecule has 0 unspecified atom stereocenters. The first kappa shape index (κ1) is 30.8. The summed E-state index contributed by atoms with van der Waals surface area (Å²) in [6.07, 6.45) is 21.4. The van der Waals surface area contributed by atoms with Gasteiger partial charge in [-0.1, -0.05) is 115 Å². The van der Waals surface area contributed by atoms with E-state index in [0.717, 1.165) is 0 Å². The summed E-state index contributed by atoms with van der Waals surface area (Å²) in [5.74, 6) is 0. The lowest BCUT2D eigenvalue weighted by atomic mass is 9.95. The lowest BCUT2D eigenvalue weighted by Crippen LogP contribution is -1.96. The van der Waals surface area contributed by atoms with Crippen molar-refractivity contribution in [1.82, 2.24) is 9.13 Å². The Morgan fingerprint density at radius 3 is 1.18 bits per heavy atom. The molecule has 0 aliphatic heterocycles. The third kappa shape index (κ3) is 6.42. The van der Waals surface area contributed by atoms with Gasteiger partial charge in [-0.05, 0) is 94.4 Å². The van der Waals surface area contributed by atoms with Crippen molar-refractivity contribution >= 4 is 54.1 Å². The monoisotopic (exact) mass is 586 g/mol. The van der Waals surface area contributed by atoms with Crippen LogP contribution in [0, 0.1) is 0 Å². The van der Waals surface area contributed by atoms with Crippen molar-refractivity contribution in [2.24, 2.45) is 14.1 Å². The molecule has 0 saturated carbocycles. The number of aryl methyl sites for hydroxylation is 4. The van der Waals surface area contributed by atoms with E-state index in [9.17, 15) is 0 Å². The van der Waals surface area contributed by atoms with E-state index in [2.05, 4.69) is 97.7 Å². The van der Waals surface area contributed by atoms with Crippen LogP contribution in [0.4, 0.5) is 0 Å². The Balaban J connectivity index is 1.25. The van der Waals surface area contributed by atoms with Gasteiger partial charge in [-0.25, -0.2) is 0 Å². The Morgan fingerprint density at radius 1 is 0.386 bits per heavy atom. The van der Waals surface area contributed by atoms with E-state index < -0.39 is 0 Å². The van der Waals surface area contributed by atoms with Crippen molar-refractivity contribution in [2.75, 3.05) is 0 Å². The first-order chi connectivity index (χ1) is 21.6. The Hall–Kier alpha value is -3.26. The Morgan fingerprint density at radius 2 is 0.773 bits per heavy atom. The number of aromatic nitrogens is 2. The van der Waals surface area contributed by atoms with Crippen LogP contribution in [-0.2, 0) is 26.9 Å². The zero-order valence-electron chi connectivity index (χ0n) is 28.0. The average molecular weight is 587 g/mol. The lowest BCUT2D eigenvalue weighted by Gasteiger charge is -2.10. The highest BCUT2D eigenvalue weighted by molar-refractivity contribution is 6.20. The smallest absolute Gasteiger partial charge is 0.0486 e. The molecule has 232 valence electrons. The highest BCUT2D eigenvalue weighted by Gasteiger charge is 2.13. The molecule has 6 aromatic rings. The van der Waals surface area contributed by atoms with Gasteiger partial charge in [-0.2, -0.15) is 0 Å². The second-order valence-corrected chi connectivity index (χ2v) is 13.6. The van der Waals surface area contributed by atoms with Gasteiger partial charge in [0.2, 0.25) is 0 Å². The molecule has 0 aliphatic rings. The highest BCUT2D eigenvalue weighted by atomic mass is 14.9. The molecule has 0 fully saturated rings. The van der Waals surface area contributed by atoms with E-state index in [4.69, 9.17) is 0 Å². The van der Waals surface area contributed by atoms with Crippen LogP contribution in [-0.4, -0.2) is 9.13 Å². The molecule has 0 atom stereocenters. The van der Waals surface area contributed by atoms with Gasteiger partial charge in [0.15, 0.2) is 0 Å². The summed E-state index contributed by atoms with van der Waals surface area (Å²) in [5.41, 5.74) is 5.65. The van der Waals surface area contributed by atoms with Gasteiger partial charge in [0.1, 0.15) is 0 Å². The van der Waals surface area contributed by atoms with Gasteiger partial charge in [0.25, 0.3) is 0 Å². The van der Waals surface area contributed by atoms with E-state index in [1.54, 1.807) is 0 Å². The Kier molecular flexibility index (Phi) is 9.95. The Bertz CT molecular complexity index is 1730. The fourth-order valence-electron chi connectivity index (χ4n) is 7.66. The molecule has 6 rings (SSSR count). The molecule has 4 aromatic carbocycles. The first-order valence-electron chi connectivity index (χ1n) is 17.9. The topological polar surface area (TPSA) is 9.86 Å². The van der Waals surface area contributed by atoms with Gasteiger partial charge in [0.05, 0.1) is 0 Å². The maximum absolute atomic E-state index is 2.45. The van der Waals surface area contributed by atoms with Crippen molar-refractivity contribution in [3.05, 3.63) is 72.1 Å². The van der Waals surface area contributed by atoms with Gasteiger partial charge < -0.3 is 9.13 Å². The maximum Gasteiger partial charge on any atom is 0.0486 e. The molecular weight excluding hydrogens is 532 g/mol. The minimum absolute atomic E-state index is 1.17. The summed E-state index contributed by atoms with van der Waals surface area (Å²) in [6, 6.07) is 24.0. The van der Waals surface area contributed by atoms with Crippen LogP contribution in [0.3, 0.4) is 0 Å². The van der Waals surface area contributed by atoms with Crippen molar-refractivity contribution in [2.45, 2.75) is 117 Å². The quantitative estimate of drug-likeness (QED) is 0.0788. The third-order valence-electron chi connectivity index (χ3n) is 10.4. The summed E-state index contributed by atoms with van der Waals surface area (Å²) < 4.78 is 4.90. The molecule has 2 heterocycles. The van der Waals surface area contributed by atoms with Gasteiger partial charge in [-0.15, -0.1) is 0 Å². The van der Waals surface area contributed by atoms with E-state index in [1.165, 1.54) is 168 Å². The van der Waals surface area contributed by atoms with Crippen molar-refractivity contribution < 1.29 is 0 Å². The fraction of sp³-hybridized carbons (Fsp3) is 0.476. The van der Waals surface area contributed by atoms with E-state index in [-0.39, 0.29) is 0 Å². The second-order valence-electron chi connectivity index (χ2n) is 13.6. The molecule has 0 aliphatic carbocycles. The fourth-order valence-corrected chi connectivity index (χ4v) is 7.66. The standard InChI is InChI=1S/C42H54N2/c1-5-7-9-11-13-15-17-19-35-27-33-25-31-21-23-38-37(39(31)29-41(33)43(35)3)24-22-32-26-34-28-36(44(4)42(34)30-40(32)38)20-18-16-14-12-10-8-6-2/h21-30H,5-20H2,1-4H3. The average Bonchev–Trinajstić information content (AvgIpc) is 3.51. The van der Waals surface area contributed by atoms with Crippen LogP contribution in [0.2, 0.25) is 0 Å². The molecule has 2 nitrogen and oxygen atoms in total. The van der Waals surface area contributed by atoms with Crippen molar-refractivity contribution in [3.63, 3.8) is 0 Å². The number of hydrogen-bond acceptors (Lipinski definition) is 0. The molecule has 0 bridgehead atoms. The van der Waals surface area contributed by atoms with Crippen LogP contribution in [0.25, 0.3) is 54.1 Å². The number of benzene rings is 4. The number of rotatable bonds is 16. The Labute approximate surface area is 265 Å². The van der Waals surface area contributed by atoms with E-state index >= 15 is 0 Å². The summed E-state index contributed by atoms with van der Waals surface area (Å²) in [4.78, 5) is 0. The van der Waals surface area contributed by atoms with E-state index in [1.807, 2.05) is 0 Å². The number of hydrogen-bond donors (Lipinski definition) is 0. The molecule has 0 spiro atoms. The number of unbranched alkanes of at least 4 members (excludes halogenated alkanes) is 12. The molecule has 0 saturated heterocycles. The lowest BCUT2D eigenvalue weighted by molar-refractivity contribution is 0.584. The summed E-state index contributed by atoms with van der Waals surface area (Å²) >= 11 is 0. The van der Waals surface area contributed by atoms with Crippen molar-refractivity contribution in [3.8, 4) is 0 Å². The zero-order valence-corrected chi connectivity index (χ0v) is 28.0. The second kappa shape index (κ2) is 14.2. The molecule has 0 N–H and O–H groups in total. The number of nitrogens with zero attached hydrogens (tertiary/aromatic N) is 2. The summed E-state index contributed by atoms with van der Waals surface area (Å²) in [7, 11) is 4.53. The predicted octanol–water partition coefficient (Wildman–Crippen LogP) is 12.7. The molecule has 44 heavy (non-hydrogen) atoms. The SMILES string of the molecule is CCCCCCCCCc1cc2cc3ccc4c5cc6c(cc(CCCCCCCCC)n6C)cc5ccc4c3cc2n1C. The maximum atomic E-state index is 2.45. The van der Waals surface area contributed by atoms with Gasteiger partial charge >= 0.3 is 0 Å². The van der Waals surface area contributed by atoms with Gasteiger partial charge in [-0.3, -0.25) is 0 Å². The normalized spacial score (nSPS) is 12.2. The zero-order chi connectivity index (χ0) is 30.5. The molecule has 2 heteroatoms. The van der Waals surface area contributed by atoms with Crippen molar-refractivity contribution in [1.29, 1.82) is 0 Å². The van der Waals surface area contributed by atoms with Crippen LogP contribution >= 0.6 is 0 Å². The molecule has 2 aromatic heterocycles. The minimum atomic E-state index is 1.17. The van der Waals surface area contributed by atoms with Crippen LogP contribution in [0.15, 0.2) is 60.7 Å². The minimum Gasteiger partial charge on any atom is -0.348 e. The molecule has 0 radical (unpaired) electrons. The highest BCUT2D eigenvalue weighted by Crippen LogP contribution is 2.36. The van der Waals surface area contributed by atoms with Crippen LogP contribution in [0.1, 0.15) is 115 Å². The van der Waals surface area contributed by atoms with Gasteiger partial charge in [0, 0.05) is 47.3 Å². The summed E-state index contributed by atoms with van der Waals surface area (Å²) in [6.45, 7) is 4.59.